The van der Waals surface area contributed by atoms with E-state index in [9.17, 15) is 0 Å². The molecule has 0 amide bonds. The third-order valence-electron chi connectivity index (χ3n) is 2.88. The van der Waals surface area contributed by atoms with Crippen molar-refractivity contribution in [1.29, 1.82) is 0 Å². The largest absolute Gasteiger partial charge is 0.423 e. The molecule has 0 saturated carbocycles. The fourth-order valence-electron chi connectivity index (χ4n) is 1.95. The molecule has 0 aliphatic carbocycles. The van der Waals surface area contributed by atoms with E-state index in [1.165, 1.54) is 0 Å². The van der Waals surface area contributed by atoms with E-state index in [0.29, 0.717) is 0 Å². The SMILES string of the molecule is CNCc1ccccc1Oc1nnc2ccccc2n1. The molecule has 5 heteroatoms. The molecule has 1 heterocycles. The van der Waals surface area contributed by atoms with E-state index < -0.39 is 0 Å². The zero-order valence-electron chi connectivity index (χ0n) is 11.1. The summed E-state index contributed by atoms with van der Waals surface area (Å²) >= 11 is 0. The molecule has 1 aromatic heterocycles. The lowest BCUT2D eigenvalue weighted by atomic mass is 10.2. The second-order valence-electron chi connectivity index (χ2n) is 4.32. The molecule has 100 valence electrons. The molecule has 0 spiro atoms. The molecule has 0 radical (unpaired) electrons. The van der Waals surface area contributed by atoms with E-state index in [-0.39, 0.29) is 6.01 Å². The predicted molar refractivity (Wildman–Crippen MR) is 76.6 cm³/mol. The van der Waals surface area contributed by atoms with Crippen LogP contribution in [0.5, 0.6) is 11.8 Å². The lowest BCUT2D eigenvalue weighted by Crippen LogP contribution is -2.06. The first kappa shape index (κ1) is 12.5. The van der Waals surface area contributed by atoms with E-state index >= 15 is 0 Å². The van der Waals surface area contributed by atoms with Crippen molar-refractivity contribution in [2.75, 3.05) is 7.05 Å². The average Bonchev–Trinajstić information content (AvgIpc) is 2.49. The van der Waals surface area contributed by atoms with Gasteiger partial charge in [0.05, 0.1) is 5.52 Å². The van der Waals surface area contributed by atoms with Crippen LogP contribution in [0.25, 0.3) is 11.0 Å². The molecule has 2 aromatic carbocycles. The molecule has 3 aromatic rings. The van der Waals surface area contributed by atoms with E-state index in [4.69, 9.17) is 4.74 Å². The highest BCUT2D eigenvalue weighted by Crippen LogP contribution is 2.23. The number of hydrogen-bond donors (Lipinski definition) is 1. The zero-order chi connectivity index (χ0) is 13.8. The van der Waals surface area contributed by atoms with E-state index in [2.05, 4.69) is 20.5 Å². The summed E-state index contributed by atoms with van der Waals surface area (Å²) in [6, 6.07) is 15.6. The highest BCUT2D eigenvalue weighted by molar-refractivity contribution is 5.73. The van der Waals surface area contributed by atoms with Crippen LogP contribution in [-0.2, 0) is 6.54 Å². The number of hydrogen-bond acceptors (Lipinski definition) is 5. The van der Waals surface area contributed by atoms with Crippen molar-refractivity contribution >= 4 is 11.0 Å². The van der Waals surface area contributed by atoms with Crippen LogP contribution in [0.2, 0.25) is 0 Å². The van der Waals surface area contributed by atoms with Crippen LogP contribution < -0.4 is 10.1 Å². The molecule has 0 unspecified atom stereocenters. The number of nitrogens with one attached hydrogen (secondary N) is 1. The fourth-order valence-corrected chi connectivity index (χ4v) is 1.95. The number of fused-ring (bicyclic) bond motifs is 1. The second-order valence-corrected chi connectivity index (χ2v) is 4.32. The number of benzene rings is 2. The summed E-state index contributed by atoms with van der Waals surface area (Å²) in [7, 11) is 1.89. The third-order valence-corrected chi connectivity index (χ3v) is 2.88. The Kier molecular flexibility index (Phi) is 3.52. The number of ether oxygens (including phenoxy) is 1. The molecule has 0 fully saturated rings. The van der Waals surface area contributed by atoms with Crippen molar-refractivity contribution in [3.63, 3.8) is 0 Å². The van der Waals surface area contributed by atoms with Gasteiger partial charge in [-0.15, -0.1) is 5.10 Å². The summed E-state index contributed by atoms with van der Waals surface area (Å²) < 4.78 is 5.75. The molecule has 1 N–H and O–H groups in total. The summed E-state index contributed by atoms with van der Waals surface area (Å²) in [5.41, 5.74) is 2.57. The Bertz CT molecular complexity index is 730. The summed E-state index contributed by atoms with van der Waals surface area (Å²) in [4.78, 5) is 4.36. The standard InChI is InChI=1S/C15H14N4O/c1-16-10-11-6-2-5-9-14(11)20-15-17-12-7-3-4-8-13(12)18-19-15/h2-9,16H,10H2,1H3. The van der Waals surface area contributed by atoms with Gasteiger partial charge < -0.3 is 10.1 Å². The van der Waals surface area contributed by atoms with Crippen LogP contribution >= 0.6 is 0 Å². The van der Waals surface area contributed by atoms with Gasteiger partial charge in [0.25, 0.3) is 0 Å². The second kappa shape index (κ2) is 5.63. The minimum absolute atomic E-state index is 0.257. The topological polar surface area (TPSA) is 59.9 Å². The van der Waals surface area contributed by atoms with E-state index in [0.717, 1.165) is 28.9 Å². The van der Waals surface area contributed by atoms with Gasteiger partial charge >= 0.3 is 6.01 Å². The van der Waals surface area contributed by atoms with Gasteiger partial charge in [0.2, 0.25) is 0 Å². The first-order chi connectivity index (χ1) is 9.86. The van der Waals surface area contributed by atoms with Gasteiger partial charge in [0.1, 0.15) is 11.3 Å². The first-order valence-electron chi connectivity index (χ1n) is 6.36. The maximum absolute atomic E-state index is 5.75. The van der Waals surface area contributed by atoms with Crippen molar-refractivity contribution in [3.05, 3.63) is 54.1 Å². The van der Waals surface area contributed by atoms with Crippen LogP contribution in [0.15, 0.2) is 48.5 Å². The molecule has 0 saturated heterocycles. The minimum Gasteiger partial charge on any atom is -0.423 e. The van der Waals surface area contributed by atoms with Gasteiger partial charge in [-0.3, -0.25) is 0 Å². The summed E-state index contributed by atoms with van der Waals surface area (Å²) in [6.07, 6.45) is 0. The normalized spacial score (nSPS) is 10.7. The molecule has 20 heavy (non-hydrogen) atoms. The number of aromatic nitrogens is 3. The van der Waals surface area contributed by atoms with Gasteiger partial charge in [-0.25, -0.2) is 0 Å². The maximum atomic E-state index is 5.75. The maximum Gasteiger partial charge on any atom is 0.341 e. The van der Waals surface area contributed by atoms with Gasteiger partial charge in [-0.1, -0.05) is 35.4 Å². The minimum atomic E-state index is 0.257. The lowest BCUT2D eigenvalue weighted by Gasteiger charge is -2.09. The van der Waals surface area contributed by atoms with Crippen LogP contribution in [0.1, 0.15) is 5.56 Å². The van der Waals surface area contributed by atoms with Gasteiger partial charge in [-0.2, -0.15) is 4.98 Å². The Balaban J connectivity index is 1.93. The Morgan fingerprint density at radius 1 is 0.950 bits per heavy atom. The summed E-state index contributed by atoms with van der Waals surface area (Å²) in [5, 5.41) is 11.2. The Morgan fingerprint density at radius 3 is 2.55 bits per heavy atom. The van der Waals surface area contributed by atoms with Crippen LogP contribution in [0.3, 0.4) is 0 Å². The van der Waals surface area contributed by atoms with Crippen molar-refractivity contribution < 1.29 is 4.74 Å². The van der Waals surface area contributed by atoms with Crippen molar-refractivity contribution in [1.82, 2.24) is 20.5 Å². The van der Waals surface area contributed by atoms with E-state index in [1.54, 1.807) is 0 Å². The van der Waals surface area contributed by atoms with Crippen LogP contribution in [0.4, 0.5) is 0 Å². The molecular weight excluding hydrogens is 252 g/mol. The molecule has 3 rings (SSSR count). The molecule has 5 nitrogen and oxygen atoms in total. The molecule has 0 aliphatic heterocycles. The molecule has 0 atom stereocenters. The number of rotatable bonds is 4. The Hall–Kier alpha value is -2.53. The van der Waals surface area contributed by atoms with Gasteiger partial charge in [0, 0.05) is 12.1 Å². The highest BCUT2D eigenvalue weighted by Gasteiger charge is 2.07. The summed E-state index contributed by atoms with van der Waals surface area (Å²) in [6.45, 7) is 0.719. The van der Waals surface area contributed by atoms with Crippen molar-refractivity contribution in [2.45, 2.75) is 6.54 Å². The predicted octanol–water partition coefficient (Wildman–Crippen LogP) is 2.54. The van der Waals surface area contributed by atoms with Crippen molar-refractivity contribution in [3.8, 4) is 11.8 Å². The fraction of sp³-hybridized carbons (Fsp3) is 0.133. The lowest BCUT2D eigenvalue weighted by molar-refractivity contribution is 0.430. The molecular formula is C15H14N4O. The van der Waals surface area contributed by atoms with Crippen LogP contribution in [0, 0.1) is 0 Å². The quantitative estimate of drug-likeness (QED) is 0.786. The average molecular weight is 266 g/mol. The third kappa shape index (κ3) is 2.57. The molecule has 0 aliphatic rings. The van der Waals surface area contributed by atoms with Crippen molar-refractivity contribution in [2.24, 2.45) is 0 Å². The van der Waals surface area contributed by atoms with E-state index in [1.807, 2.05) is 55.6 Å². The highest BCUT2D eigenvalue weighted by atomic mass is 16.5. The van der Waals surface area contributed by atoms with Gasteiger partial charge in [0.15, 0.2) is 0 Å². The van der Waals surface area contributed by atoms with Crippen LogP contribution in [-0.4, -0.2) is 22.2 Å². The zero-order valence-corrected chi connectivity index (χ0v) is 11.1. The monoisotopic (exact) mass is 266 g/mol. The number of nitrogens with zero attached hydrogens (tertiary/aromatic N) is 3. The van der Waals surface area contributed by atoms with Gasteiger partial charge in [-0.05, 0) is 25.2 Å². The first-order valence-corrected chi connectivity index (χ1v) is 6.36. The molecule has 0 bridgehead atoms. The smallest absolute Gasteiger partial charge is 0.341 e. The number of para-hydroxylation sites is 2. The Labute approximate surface area is 116 Å². The Morgan fingerprint density at radius 2 is 1.70 bits per heavy atom. The summed E-state index contributed by atoms with van der Waals surface area (Å²) in [5.74, 6) is 0.735.